The van der Waals surface area contributed by atoms with E-state index in [0.717, 1.165) is 31.1 Å². The number of rotatable bonds is 5. The van der Waals surface area contributed by atoms with Gasteiger partial charge in [0.1, 0.15) is 0 Å². The van der Waals surface area contributed by atoms with Crippen molar-refractivity contribution in [2.75, 3.05) is 5.75 Å². The van der Waals surface area contributed by atoms with Gasteiger partial charge in [0.05, 0.1) is 11.5 Å². The van der Waals surface area contributed by atoms with Crippen LogP contribution in [0.5, 0.6) is 0 Å². The molecule has 1 unspecified atom stereocenters. The van der Waals surface area contributed by atoms with Crippen LogP contribution in [-0.2, 0) is 0 Å². The van der Waals surface area contributed by atoms with Gasteiger partial charge in [-0.05, 0) is 55.3 Å². The summed E-state index contributed by atoms with van der Waals surface area (Å²) < 4.78 is 0. The molecule has 0 N–H and O–H groups in total. The Kier molecular flexibility index (Phi) is 3.21. The summed E-state index contributed by atoms with van der Waals surface area (Å²) in [6.07, 6.45) is 12.5. The van der Waals surface area contributed by atoms with Crippen LogP contribution in [0.1, 0.15) is 51.4 Å². The molecule has 0 amide bonds. The lowest BCUT2D eigenvalue weighted by molar-refractivity contribution is 0.310. The van der Waals surface area contributed by atoms with E-state index in [1.54, 1.807) is 4.91 Å². The van der Waals surface area contributed by atoms with Crippen molar-refractivity contribution in [1.82, 2.24) is 0 Å². The molecule has 1 atom stereocenters. The largest absolute Gasteiger partial charge is 0.198 e. The normalized spacial score (nSPS) is 33.0. The topological polar surface area (TPSA) is 23.8 Å². The predicted molar refractivity (Wildman–Crippen MR) is 72.5 cm³/mol. The van der Waals surface area contributed by atoms with Gasteiger partial charge in [0, 0.05) is 5.75 Å². The first-order valence-electron chi connectivity index (χ1n) is 7.03. The molecule has 0 radical (unpaired) electrons. The molecule has 0 heterocycles. The highest BCUT2D eigenvalue weighted by atomic mass is 32.2. The number of nitrogens with zero attached hydrogens (tertiary/aromatic N) is 1. The van der Waals surface area contributed by atoms with Crippen LogP contribution in [0, 0.1) is 28.6 Å². The van der Waals surface area contributed by atoms with Gasteiger partial charge in [-0.2, -0.15) is 5.26 Å². The van der Waals surface area contributed by atoms with Crippen LogP contribution < -0.4 is 0 Å². The van der Waals surface area contributed by atoms with E-state index in [-0.39, 0.29) is 5.41 Å². The molecule has 0 aromatic heterocycles. The van der Waals surface area contributed by atoms with E-state index in [0.29, 0.717) is 0 Å². The van der Waals surface area contributed by atoms with Crippen LogP contribution in [0.4, 0.5) is 0 Å². The zero-order valence-corrected chi connectivity index (χ0v) is 11.3. The zero-order valence-electron chi connectivity index (χ0n) is 10.5. The number of nitriles is 1. The molecule has 0 spiro atoms. The smallest absolute Gasteiger partial charge is 0.0693 e. The van der Waals surface area contributed by atoms with Crippen molar-refractivity contribution in [2.24, 2.45) is 17.3 Å². The molecule has 1 nitrogen and oxygen atoms in total. The second-order valence-electron chi connectivity index (χ2n) is 6.17. The third-order valence-corrected chi connectivity index (χ3v) is 5.76. The molecule has 2 saturated carbocycles. The second kappa shape index (κ2) is 4.69. The maximum atomic E-state index is 9.45. The van der Waals surface area contributed by atoms with E-state index in [1.807, 2.05) is 0 Å². The standard InChI is InChI=1S/C15H21NS/c16-11-15(9-12-1-2-12)7-5-14(6-8-15)17-10-13-3-4-13/h5,12-13H,1-4,6-10H2. The average Bonchev–Trinajstić information content (AvgIpc) is 3.23. The molecule has 0 bridgehead atoms. The van der Waals surface area contributed by atoms with Crippen molar-refractivity contribution in [3.63, 3.8) is 0 Å². The lowest BCUT2D eigenvalue weighted by atomic mass is 9.74. The lowest BCUT2D eigenvalue weighted by Gasteiger charge is -2.30. The van der Waals surface area contributed by atoms with E-state index >= 15 is 0 Å². The number of hydrogen-bond donors (Lipinski definition) is 0. The molecule has 0 aromatic carbocycles. The fraction of sp³-hybridized carbons (Fsp3) is 0.800. The molecule has 92 valence electrons. The van der Waals surface area contributed by atoms with Gasteiger partial charge in [-0.15, -0.1) is 11.8 Å². The molecule has 17 heavy (non-hydrogen) atoms. The van der Waals surface area contributed by atoms with E-state index in [4.69, 9.17) is 0 Å². The van der Waals surface area contributed by atoms with E-state index in [9.17, 15) is 5.26 Å². The minimum Gasteiger partial charge on any atom is -0.198 e. The third-order valence-electron chi connectivity index (χ3n) is 4.39. The average molecular weight is 247 g/mol. The molecule has 2 heteroatoms. The maximum Gasteiger partial charge on any atom is 0.0693 e. The number of allylic oxidation sites excluding steroid dienone is 2. The van der Waals surface area contributed by atoms with Gasteiger partial charge in [0.15, 0.2) is 0 Å². The van der Waals surface area contributed by atoms with Gasteiger partial charge in [0.2, 0.25) is 0 Å². The van der Waals surface area contributed by atoms with Crippen LogP contribution in [0.2, 0.25) is 0 Å². The van der Waals surface area contributed by atoms with Crippen LogP contribution in [0.3, 0.4) is 0 Å². The van der Waals surface area contributed by atoms with E-state index < -0.39 is 0 Å². The Balaban J connectivity index is 1.53. The van der Waals surface area contributed by atoms with Crippen molar-refractivity contribution in [3.8, 4) is 6.07 Å². The first-order valence-corrected chi connectivity index (χ1v) is 8.01. The molecular formula is C15H21NS. The summed E-state index contributed by atoms with van der Waals surface area (Å²) in [4.78, 5) is 1.57. The lowest BCUT2D eigenvalue weighted by Crippen LogP contribution is -2.21. The molecule has 2 fully saturated rings. The summed E-state index contributed by atoms with van der Waals surface area (Å²) in [5, 5.41) is 9.45. The highest BCUT2D eigenvalue weighted by Crippen LogP contribution is 2.48. The summed E-state index contributed by atoms with van der Waals surface area (Å²) >= 11 is 2.07. The predicted octanol–water partition coefficient (Wildman–Crippen LogP) is 4.51. The third kappa shape index (κ3) is 3.07. The Hall–Kier alpha value is -0.420. The van der Waals surface area contributed by atoms with Crippen molar-refractivity contribution >= 4 is 11.8 Å². The van der Waals surface area contributed by atoms with Gasteiger partial charge < -0.3 is 0 Å². The molecule has 3 aliphatic rings. The molecule has 3 rings (SSSR count). The summed E-state index contributed by atoms with van der Waals surface area (Å²) in [7, 11) is 0. The molecule has 3 aliphatic carbocycles. The van der Waals surface area contributed by atoms with Gasteiger partial charge in [-0.3, -0.25) is 0 Å². The Morgan fingerprint density at radius 1 is 1.29 bits per heavy atom. The summed E-state index contributed by atoms with van der Waals surface area (Å²) in [6, 6.07) is 2.63. The van der Waals surface area contributed by atoms with Gasteiger partial charge in [0.25, 0.3) is 0 Å². The quantitative estimate of drug-likeness (QED) is 0.714. The van der Waals surface area contributed by atoms with Crippen LogP contribution in [0.25, 0.3) is 0 Å². The fourth-order valence-corrected chi connectivity index (χ4v) is 3.95. The minimum absolute atomic E-state index is 0.00477. The number of hydrogen-bond acceptors (Lipinski definition) is 2. The Labute approximate surface area is 109 Å². The van der Waals surface area contributed by atoms with Gasteiger partial charge in [-0.25, -0.2) is 0 Å². The first kappa shape index (κ1) is 11.7. The molecule has 0 saturated heterocycles. The highest BCUT2D eigenvalue weighted by molar-refractivity contribution is 8.03. The van der Waals surface area contributed by atoms with E-state index in [1.165, 1.54) is 37.9 Å². The molecular weight excluding hydrogens is 226 g/mol. The Morgan fingerprint density at radius 2 is 2.06 bits per heavy atom. The van der Waals surface area contributed by atoms with Crippen LogP contribution in [0.15, 0.2) is 11.0 Å². The monoisotopic (exact) mass is 247 g/mol. The summed E-state index contributed by atoms with van der Waals surface area (Å²) in [5.74, 6) is 3.22. The molecule has 0 aliphatic heterocycles. The Morgan fingerprint density at radius 3 is 2.59 bits per heavy atom. The Bertz CT molecular complexity index is 360. The van der Waals surface area contributed by atoms with Gasteiger partial charge in [-0.1, -0.05) is 18.9 Å². The van der Waals surface area contributed by atoms with Crippen molar-refractivity contribution in [2.45, 2.75) is 51.4 Å². The fourth-order valence-electron chi connectivity index (χ4n) is 2.72. The van der Waals surface area contributed by atoms with Crippen molar-refractivity contribution in [1.29, 1.82) is 5.26 Å². The maximum absolute atomic E-state index is 9.45. The summed E-state index contributed by atoms with van der Waals surface area (Å²) in [5.41, 5.74) is 0.00477. The number of thioether (sulfide) groups is 1. The molecule has 0 aromatic rings. The minimum atomic E-state index is 0.00477. The van der Waals surface area contributed by atoms with Gasteiger partial charge >= 0.3 is 0 Å². The van der Waals surface area contributed by atoms with Crippen molar-refractivity contribution < 1.29 is 0 Å². The van der Waals surface area contributed by atoms with Crippen LogP contribution in [-0.4, -0.2) is 5.75 Å². The van der Waals surface area contributed by atoms with E-state index in [2.05, 4.69) is 23.9 Å². The highest BCUT2D eigenvalue weighted by Gasteiger charge is 2.38. The SMILES string of the molecule is N#CC1(CC2CC2)CC=C(SCC2CC2)CC1. The van der Waals surface area contributed by atoms with Crippen molar-refractivity contribution in [3.05, 3.63) is 11.0 Å². The summed E-state index contributed by atoms with van der Waals surface area (Å²) in [6.45, 7) is 0. The zero-order chi connectivity index (χ0) is 11.7. The second-order valence-corrected chi connectivity index (χ2v) is 7.31. The first-order chi connectivity index (χ1) is 8.30. The van der Waals surface area contributed by atoms with Crippen LogP contribution >= 0.6 is 11.8 Å².